The summed E-state index contributed by atoms with van der Waals surface area (Å²) < 4.78 is 11.6. The van der Waals surface area contributed by atoms with E-state index >= 15 is 0 Å². The van der Waals surface area contributed by atoms with E-state index in [9.17, 15) is 10.1 Å². The van der Waals surface area contributed by atoms with Crippen LogP contribution >= 0.6 is 0 Å². The number of benzene rings is 1. The normalized spacial score (nSPS) is 20.4. The van der Waals surface area contributed by atoms with Gasteiger partial charge in [0.2, 0.25) is 0 Å². The van der Waals surface area contributed by atoms with Gasteiger partial charge in [0.05, 0.1) is 6.07 Å². The molecule has 1 aromatic rings. The number of para-hydroxylation sites is 1. The number of ether oxygens (including phenoxy) is 2. The number of nitriles is 1. The number of carbonyl (C=O) groups is 1. The summed E-state index contributed by atoms with van der Waals surface area (Å²) in [4.78, 5) is 12.2. The topological polar surface area (TPSA) is 71.3 Å². The second-order valence-corrected chi connectivity index (χ2v) is 7.37. The van der Waals surface area contributed by atoms with Crippen LogP contribution in [0.5, 0.6) is 11.5 Å². The van der Waals surface area contributed by atoms with Gasteiger partial charge in [-0.15, -0.1) is 0 Å². The molecule has 0 unspecified atom stereocenters. The third-order valence-electron chi connectivity index (χ3n) is 4.71. The van der Waals surface area contributed by atoms with Gasteiger partial charge in [0.25, 0.3) is 5.91 Å². The van der Waals surface area contributed by atoms with Crippen LogP contribution in [0, 0.1) is 11.3 Å². The van der Waals surface area contributed by atoms with Crippen LogP contribution in [0.15, 0.2) is 18.2 Å². The molecule has 0 atom stereocenters. The minimum Gasteiger partial charge on any atom is -0.483 e. The number of amides is 1. The molecule has 1 saturated carbocycles. The third-order valence-corrected chi connectivity index (χ3v) is 4.71. The molecule has 1 aromatic carbocycles. The predicted octanol–water partition coefficient (Wildman–Crippen LogP) is 3.12. The van der Waals surface area contributed by atoms with Crippen molar-refractivity contribution in [1.82, 2.24) is 5.32 Å². The molecule has 1 aliphatic carbocycles. The molecule has 1 N–H and O–H groups in total. The molecular formula is C19H24N2O3. The summed E-state index contributed by atoms with van der Waals surface area (Å²) >= 11 is 0. The van der Waals surface area contributed by atoms with Crippen LogP contribution in [0.2, 0.25) is 0 Å². The SMILES string of the molecule is CC1(C)Cc2cccc(OCC(=O)NC3(C#N)CCCCC3)c2O1. The predicted molar refractivity (Wildman–Crippen MR) is 89.9 cm³/mol. The monoisotopic (exact) mass is 328 g/mol. The Kier molecular flexibility index (Phi) is 4.40. The maximum Gasteiger partial charge on any atom is 0.259 e. The highest BCUT2D eigenvalue weighted by Crippen LogP contribution is 2.41. The number of carbonyl (C=O) groups excluding carboxylic acids is 1. The summed E-state index contributed by atoms with van der Waals surface area (Å²) in [5.41, 5.74) is 0.117. The second kappa shape index (κ2) is 6.35. The Hall–Kier alpha value is -2.22. The molecule has 0 saturated heterocycles. The van der Waals surface area contributed by atoms with E-state index in [1.807, 2.05) is 32.0 Å². The average Bonchev–Trinajstić information content (AvgIpc) is 2.88. The van der Waals surface area contributed by atoms with E-state index in [2.05, 4.69) is 11.4 Å². The van der Waals surface area contributed by atoms with Crippen molar-refractivity contribution in [1.29, 1.82) is 5.26 Å². The Labute approximate surface area is 142 Å². The summed E-state index contributed by atoms with van der Waals surface area (Å²) in [6.07, 6.45) is 5.33. The molecule has 2 aliphatic rings. The number of fused-ring (bicyclic) bond motifs is 1. The lowest BCUT2D eigenvalue weighted by Gasteiger charge is -2.31. The van der Waals surface area contributed by atoms with Gasteiger partial charge in [0.15, 0.2) is 18.1 Å². The fourth-order valence-corrected chi connectivity index (χ4v) is 3.57. The standard InChI is InChI=1S/C19H24N2O3/c1-18(2)11-14-7-6-8-15(17(14)24-18)23-12-16(22)21-19(13-20)9-4-3-5-10-19/h6-8H,3-5,9-12H2,1-2H3,(H,21,22). The smallest absolute Gasteiger partial charge is 0.259 e. The minimum atomic E-state index is -0.726. The molecule has 1 amide bonds. The van der Waals surface area contributed by atoms with E-state index in [0.29, 0.717) is 18.6 Å². The van der Waals surface area contributed by atoms with Crippen LogP contribution < -0.4 is 14.8 Å². The van der Waals surface area contributed by atoms with E-state index in [0.717, 1.165) is 37.0 Å². The van der Waals surface area contributed by atoms with Crippen molar-refractivity contribution in [2.75, 3.05) is 6.61 Å². The number of nitrogens with zero attached hydrogens (tertiary/aromatic N) is 1. The van der Waals surface area contributed by atoms with Gasteiger partial charge in [-0.1, -0.05) is 31.4 Å². The molecule has 0 radical (unpaired) electrons. The van der Waals surface area contributed by atoms with Gasteiger partial charge in [0, 0.05) is 12.0 Å². The first-order chi connectivity index (χ1) is 11.4. The summed E-state index contributed by atoms with van der Waals surface area (Å²) in [6.45, 7) is 3.95. The van der Waals surface area contributed by atoms with Crippen molar-refractivity contribution in [2.24, 2.45) is 0 Å². The molecule has 5 nitrogen and oxygen atoms in total. The minimum absolute atomic E-state index is 0.107. The Morgan fingerprint density at radius 1 is 1.33 bits per heavy atom. The lowest BCUT2D eigenvalue weighted by Crippen LogP contribution is -2.50. The Bertz CT molecular complexity index is 670. The highest BCUT2D eigenvalue weighted by atomic mass is 16.5. The lowest BCUT2D eigenvalue weighted by atomic mass is 9.83. The molecule has 24 heavy (non-hydrogen) atoms. The fraction of sp³-hybridized carbons (Fsp3) is 0.579. The zero-order valence-electron chi connectivity index (χ0n) is 14.4. The van der Waals surface area contributed by atoms with Gasteiger partial charge in [-0.25, -0.2) is 0 Å². The van der Waals surface area contributed by atoms with Gasteiger partial charge in [-0.3, -0.25) is 4.79 Å². The molecule has 0 spiro atoms. The summed E-state index contributed by atoms with van der Waals surface area (Å²) in [6, 6.07) is 8.03. The average molecular weight is 328 g/mol. The molecule has 0 bridgehead atoms. The molecule has 1 fully saturated rings. The van der Waals surface area contributed by atoms with Crippen molar-refractivity contribution in [3.63, 3.8) is 0 Å². The Morgan fingerprint density at radius 2 is 2.08 bits per heavy atom. The summed E-state index contributed by atoms with van der Waals surface area (Å²) in [5, 5.41) is 12.3. The first kappa shape index (κ1) is 16.6. The van der Waals surface area contributed by atoms with Crippen LogP contribution in [-0.4, -0.2) is 23.7 Å². The fourth-order valence-electron chi connectivity index (χ4n) is 3.57. The second-order valence-electron chi connectivity index (χ2n) is 7.37. The van der Waals surface area contributed by atoms with E-state index in [-0.39, 0.29) is 18.1 Å². The molecule has 0 aromatic heterocycles. The largest absolute Gasteiger partial charge is 0.483 e. The van der Waals surface area contributed by atoms with Crippen molar-refractivity contribution >= 4 is 5.91 Å². The lowest BCUT2D eigenvalue weighted by molar-refractivity contribution is -0.124. The van der Waals surface area contributed by atoms with E-state index in [1.165, 1.54) is 0 Å². The molecular weight excluding hydrogens is 304 g/mol. The van der Waals surface area contributed by atoms with Gasteiger partial charge in [0.1, 0.15) is 11.1 Å². The molecule has 1 aliphatic heterocycles. The van der Waals surface area contributed by atoms with Crippen LogP contribution in [0.3, 0.4) is 0 Å². The molecule has 3 rings (SSSR count). The van der Waals surface area contributed by atoms with Gasteiger partial charge < -0.3 is 14.8 Å². The molecule has 1 heterocycles. The molecule has 5 heteroatoms. The summed E-state index contributed by atoms with van der Waals surface area (Å²) in [7, 11) is 0. The quantitative estimate of drug-likeness (QED) is 0.922. The highest BCUT2D eigenvalue weighted by Gasteiger charge is 2.34. The van der Waals surface area contributed by atoms with E-state index < -0.39 is 5.54 Å². The van der Waals surface area contributed by atoms with Crippen LogP contribution in [-0.2, 0) is 11.2 Å². The first-order valence-corrected chi connectivity index (χ1v) is 8.59. The van der Waals surface area contributed by atoms with Gasteiger partial charge in [-0.2, -0.15) is 5.26 Å². The van der Waals surface area contributed by atoms with Gasteiger partial charge >= 0.3 is 0 Å². The van der Waals surface area contributed by atoms with Crippen LogP contribution in [0.4, 0.5) is 0 Å². The van der Waals surface area contributed by atoms with Crippen molar-refractivity contribution in [2.45, 2.75) is 63.5 Å². The zero-order chi connectivity index (χ0) is 17.2. The Balaban J connectivity index is 1.62. The Morgan fingerprint density at radius 3 is 2.79 bits per heavy atom. The summed E-state index contributed by atoms with van der Waals surface area (Å²) in [5.74, 6) is 1.05. The first-order valence-electron chi connectivity index (χ1n) is 8.59. The zero-order valence-corrected chi connectivity index (χ0v) is 14.4. The highest BCUT2D eigenvalue weighted by molar-refractivity contribution is 5.79. The van der Waals surface area contributed by atoms with Crippen LogP contribution in [0.1, 0.15) is 51.5 Å². The number of rotatable bonds is 4. The van der Waals surface area contributed by atoms with Gasteiger partial charge in [-0.05, 0) is 32.8 Å². The van der Waals surface area contributed by atoms with Crippen molar-refractivity contribution in [3.05, 3.63) is 23.8 Å². The maximum atomic E-state index is 12.2. The number of nitrogens with one attached hydrogen (secondary N) is 1. The number of hydrogen-bond acceptors (Lipinski definition) is 4. The van der Waals surface area contributed by atoms with Crippen molar-refractivity contribution in [3.8, 4) is 17.6 Å². The third kappa shape index (κ3) is 3.48. The van der Waals surface area contributed by atoms with E-state index in [4.69, 9.17) is 9.47 Å². The van der Waals surface area contributed by atoms with Crippen LogP contribution in [0.25, 0.3) is 0 Å². The maximum absolute atomic E-state index is 12.2. The number of hydrogen-bond donors (Lipinski definition) is 1. The molecule has 128 valence electrons. The van der Waals surface area contributed by atoms with Crippen molar-refractivity contribution < 1.29 is 14.3 Å². The van der Waals surface area contributed by atoms with E-state index in [1.54, 1.807) is 0 Å².